The second-order valence-corrected chi connectivity index (χ2v) is 7.25. The number of aliphatic hydroxyl groups is 1. The Hall–Kier alpha value is -1.40. The fourth-order valence-electron chi connectivity index (χ4n) is 3.83. The third kappa shape index (κ3) is 3.58. The van der Waals surface area contributed by atoms with Gasteiger partial charge in [0.1, 0.15) is 0 Å². The Kier molecular flexibility index (Phi) is 4.73. The Morgan fingerprint density at radius 2 is 2.04 bits per heavy atom. The van der Waals surface area contributed by atoms with Crippen LogP contribution in [0.1, 0.15) is 53.9 Å². The monoisotopic (exact) mass is 321 g/mol. The molecule has 1 aliphatic heterocycles. The van der Waals surface area contributed by atoms with Gasteiger partial charge < -0.3 is 19.4 Å². The van der Waals surface area contributed by atoms with Gasteiger partial charge in [-0.3, -0.25) is 4.79 Å². The topological polar surface area (TPSA) is 69.8 Å². The van der Waals surface area contributed by atoms with E-state index < -0.39 is 5.60 Å². The number of carbonyl (C=O) groups is 1. The van der Waals surface area contributed by atoms with Gasteiger partial charge in [-0.05, 0) is 59.0 Å². The zero-order valence-corrected chi connectivity index (χ0v) is 14.2. The van der Waals surface area contributed by atoms with Crippen LogP contribution in [0.25, 0.3) is 0 Å². The van der Waals surface area contributed by atoms with Crippen molar-refractivity contribution in [2.45, 2.75) is 50.5 Å². The molecule has 0 spiro atoms. The molecule has 1 aromatic rings. The Labute approximate surface area is 137 Å². The largest absolute Gasteiger partial charge is 0.388 e. The van der Waals surface area contributed by atoms with E-state index >= 15 is 0 Å². The van der Waals surface area contributed by atoms with Gasteiger partial charge in [-0.1, -0.05) is 5.16 Å². The van der Waals surface area contributed by atoms with Crippen molar-refractivity contribution in [2.75, 3.05) is 33.7 Å². The van der Waals surface area contributed by atoms with E-state index in [1.807, 2.05) is 23.9 Å². The molecule has 1 unspecified atom stereocenters. The van der Waals surface area contributed by atoms with E-state index in [4.69, 9.17) is 4.52 Å². The summed E-state index contributed by atoms with van der Waals surface area (Å²) in [5.41, 5.74) is 1.26. The summed E-state index contributed by atoms with van der Waals surface area (Å²) in [6.45, 7) is 1.87. The van der Waals surface area contributed by atoms with Gasteiger partial charge in [-0.25, -0.2) is 0 Å². The number of carbonyl (C=O) groups excluding carboxylic acids is 1. The number of fused-ring (bicyclic) bond motifs is 1. The molecule has 2 heterocycles. The molecule has 6 nitrogen and oxygen atoms in total. The van der Waals surface area contributed by atoms with E-state index in [1.54, 1.807) is 0 Å². The van der Waals surface area contributed by atoms with Crippen molar-refractivity contribution in [1.82, 2.24) is 15.0 Å². The first kappa shape index (κ1) is 16.5. The van der Waals surface area contributed by atoms with E-state index in [0.717, 1.165) is 49.8 Å². The zero-order valence-electron chi connectivity index (χ0n) is 14.2. The minimum atomic E-state index is -0.709. The summed E-state index contributed by atoms with van der Waals surface area (Å²) < 4.78 is 5.38. The molecule has 1 atom stereocenters. The van der Waals surface area contributed by atoms with Crippen molar-refractivity contribution >= 4 is 5.91 Å². The van der Waals surface area contributed by atoms with Gasteiger partial charge >= 0.3 is 0 Å². The molecule has 0 radical (unpaired) electrons. The molecule has 128 valence electrons. The molecule has 1 aliphatic carbocycles. The smallest absolute Gasteiger partial charge is 0.292 e. The van der Waals surface area contributed by atoms with Crippen LogP contribution in [-0.4, -0.2) is 65.3 Å². The van der Waals surface area contributed by atoms with Crippen LogP contribution in [0.15, 0.2) is 4.52 Å². The zero-order chi connectivity index (χ0) is 16.4. The van der Waals surface area contributed by atoms with Crippen LogP contribution in [0.3, 0.4) is 0 Å². The Bertz CT molecular complexity index is 569. The number of nitrogens with zero attached hydrogens (tertiary/aromatic N) is 3. The number of amides is 1. The van der Waals surface area contributed by atoms with Crippen molar-refractivity contribution in [1.29, 1.82) is 0 Å². The Morgan fingerprint density at radius 3 is 2.83 bits per heavy atom. The predicted molar refractivity (Wildman–Crippen MR) is 86.4 cm³/mol. The number of likely N-dealkylation sites (N-methyl/N-ethyl adjacent to an activating group) is 1. The molecule has 0 bridgehead atoms. The maximum absolute atomic E-state index is 12.8. The third-order valence-electron chi connectivity index (χ3n) is 4.97. The lowest BCUT2D eigenvalue weighted by atomic mass is 9.94. The predicted octanol–water partition coefficient (Wildman–Crippen LogP) is 1.47. The van der Waals surface area contributed by atoms with Crippen LogP contribution in [0.2, 0.25) is 0 Å². The lowest BCUT2D eigenvalue weighted by Gasteiger charge is -2.29. The summed E-state index contributed by atoms with van der Waals surface area (Å²) in [7, 11) is 3.93. The van der Waals surface area contributed by atoms with Gasteiger partial charge in [-0.2, -0.15) is 0 Å². The molecule has 2 aliphatic rings. The lowest BCUT2D eigenvalue weighted by Crippen LogP contribution is -2.41. The molecule has 1 N–H and O–H groups in total. The quantitative estimate of drug-likeness (QED) is 0.913. The molecule has 1 fully saturated rings. The number of likely N-dealkylation sites (tertiary alicyclic amines) is 1. The normalized spacial score (nSPS) is 25.3. The molecule has 23 heavy (non-hydrogen) atoms. The number of hydrogen-bond donors (Lipinski definition) is 1. The average molecular weight is 321 g/mol. The highest BCUT2D eigenvalue weighted by atomic mass is 16.5. The molecule has 1 amide bonds. The van der Waals surface area contributed by atoms with E-state index in [1.165, 1.54) is 0 Å². The summed E-state index contributed by atoms with van der Waals surface area (Å²) in [5, 5.41) is 14.8. The van der Waals surface area contributed by atoms with Crippen LogP contribution >= 0.6 is 0 Å². The number of hydrogen-bond acceptors (Lipinski definition) is 5. The highest BCUT2D eigenvalue weighted by Crippen LogP contribution is 2.27. The van der Waals surface area contributed by atoms with Crippen LogP contribution < -0.4 is 0 Å². The highest BCUT2D eigenvalue weighted by Gasteiger charge is 2.34. The first-order valence-corrected chi connectivity index (χ1v) is 8.62. The maximum atomic E-state index is 12.8. The standard InChI is InChI=1S/C17H27N3O3/c1-19(2)12-17(22)8-5-10-20(11-9-17)16(21)15-13-6-3-4-7-14(13)18-23-15/h22H,3-12H2,1-2H3. The number of aromatic nitrogens is 1. The number of rotatable bonds is 3. The lowest BCUT2D eigenvalue weighted by molar-refractivity contribution is 0.00294. The van der Waals surface area contributed by atoms with Gasteiger partial charge in [0.15, 0.2) is 0 Å². The van der Waals surface area contributed by atoms with Gasteiger partial charge in [0.2, 0.25) is 5.76 Å². The minimum Gasteiger partial charge on any atom is -0.388 e. The van der Waals surface area contributed by atoms with Crippen molar-refractivity contribution in [3.05, 3.63) is 17.0 Å². The summed E-state index contributed by atoms with van der Waals surface area (Å²) in [6, 6.07) is 0. The average Bonchev–Trinajstić information content (AvgIpc) is 2.84. The molecule has 0 saturated carbocycles. The summed E-state index contributed by atoms with van der Waals surface area (Å²) >= 11 is 0. The maximum Gasteiger partial charge on any atom is 0.292 e. The van der Waals surface area contributed by atoms with Gasteiger partial charge in [-0.15, -0.1) is 0 Å². The molecule has 3 rings (SSSR count). The third-order valence-corrected chi connectivity index (χ3v) is 4.97. The van der Waals surface area contributed by atoms with Crippen molar-refractivity contribution in [3.8, 4) is 0 Å². The summed E-state index contributed by atoms with van der Waals surface area (Å²) in [5.74, 6) is 0.368. The van der Waals surface area contributed by atoms with Crippen molar-refractivity contribution in [3.63, 3.8) is 0 Å². The fourth-order valence-corrected chi connectivity index (χ4v) is 3.83. The number of aryl methyl sites for hydroxylation is 1. The van der Waals surface area contributed by atoms with Crippen LogP contribution in [-0.2, 0) is 12.8 Å². The van der Waals surface area contributed by atoms with Crippen molar-refractivity contribution < 1.29 is 14.4 Å². The Balaban J connectivity index is 1.70. The molecular weight excluding hydrogens is 294 g/mol. The highest BCUT2D eigenvalue weighted by molar-refractivity contribution is 5.93. The first-order chi connectivity index (χ1) is 11.0. The first-order valence-electron chi connectivity index (χ1n) is 8.62. The molecule has 6 heteroatoms. The van der Waals surface area contributed by atoms with Gasteiger partial charge in [0.05, 0.1) is 11.3 Å². The summed E-state index contributed by atoms with van der Waals surface area (Å²) in [4.78, 5) is 16.6. The molecule has 1 aromatic heterocycles. The summed E-state index contributed by atoms with van der Waals surface area (Å²) in [6.07, 6.45) is 6.15. The van der Waals surface area contributed by atoms with E-state index in [-0.39, 0.29) is 5.91 Å². The van der Waals surface area contributed by atoms with Gasteiger partial charge in [0.25, 0.3) is 5.91 Å². The molecule has 0 aromatic carbocycles. The van der Waals surface area contributed by atoms with Crippen LogP contribution in [0, 0.1) is 0 Å². The van der Waals surface area contributed by atoms with E-state index in [2.05, 4.69) is 5.16 Å². The Morgan fingerprint density at radius 1 is 1.26 bits per heavy atom. The van der Waals surface area contributed by atoms with E-state index in [0.29, 0.717) is 31.8 Å². The molecular formula is C17H27N3O3. The second-order valence-electron chi connectivity index (χ2n) is 7.25. The van der Waals surface area contributed by atoms with Crippen LogP contribution in [0.5, 0.6) is 0 Å². The second kappa shape index (κ2) is 6.61. The molecule has 1 saturated heterocycles. The SMILES string of the molecule is CN(C)CC1(O)CCCN(C(=O)c2onc3c2CCCC3)CC1. The fraction of sp³-hybridized carbons (Fsp3) is 0.765. The minimum absolute atomic E-state index is 0.0604. The van der Waals surface area contributed by atoms with E-state index in [9.17, 15) is 9.90 Å². The van der Waals surface area contributed by atoms with Gasteiger partial charge in [0, 0.05) is 25.2 Å². The van der Waals surface area contributed by atoms with Crippen molar-refractivity contribution in [2.24, 2.45) is 0 Å². The van der Waals surface area contributed by atoms with Crippen LogP contribution in [0.4, 0.5) is 0 Å².